The minimum Gasteiger partial charge on any atom is -0.319 e. The van der Waals surface area contributed by atoms with Gasteiger partial charge >= 0.3 is 0 Å². The fourth-order valence-corrected chi connectivity index (χ4v) is 1.66. The smallest absolute Gasteiger partial charge is 0.258 e. The quantitative estimate of drug-likeness (QED) is 0.737. The van der Waals surface area contributed by atoms with Gasteiger partial charge < -0.3 is 5.73 Å². The third-order valence-electron chi connectivity index (χ3n) is 1.35. The van der Waals surface area contributed by atoms with E-state index in [4.69, 9.17) is 5.73 Å². The molecule has 0 aliphatic rings. The molecule has 0 amide bonds. The Labute approximate surface area is 67.8 Å². The van der Waals surface area contributed by atoms with Crippen molar-refractivity contribution < 1.29 is 8.78 Å². The molecule has 1 rings (SSSR count). The molecule has 0 spiro atoms. The lowest BCUT2D eigenvalue weighted by molar-refractivity contribution is 0.118. The van der Waals surface area contributed by atoms with Gasteiger partial charge in [0.25, 0.3) is 6.43 Å². The minimum absolute atomic E-state index is 0.553. The summed E-state index contributed by atoms with van der Waals surface area (Å²) in [6, 6.07) is 0.579. The number of aryl methyl sites for hydroxylation is 1. The third-order valence-corrected chi connectivity index (χ3v) is 2.50. The Kier molecular flexibility index (Phi) is 2.57. The van der Waals surface area contributed by atoms with Crippen LogP contribution in [0, 0.1) is 6.92 Å². The largest absolute Gasteiger partial charge is 0.319 e. The maximum Gasteiger partial charge on any atom is 0.258 e. The lowest BCUT2D eigenvalue weighted by Gasteiger charge is -2.06. The molecule has 62 valence electrons. The van der Waals surface area contributed by atoms with Crippen LogP contribution in [0.5, 0.6) is 0 Å². The van der Waals surface area contributed by atoms with Crippen molar-refractivity contribution in [2.24, 2.45) is 5.73 Å². The summed E-state index contributed by atoms with van der Waals surface area (Å²) in [5, 5.41) is 1.82. The van der Waals surface area contributed by atoms with Gasteiger partial charge in [-0.25, -0.2) is 8.78 Å². The van der Waals surface area contributed by atoms with E-state index in [0.29, 0.717) is 4.88 Å². The second-order valence-corrected chi connectivity index (χ2v) is 3.33. The topological polar surface area (TPSA) is 26.0 Å². The number of rotatable bonds is 2. The molecular formula is C7H9F2NS. The SMILES string of the molecule is Cc1csc(C(N)C(F)F)c1. The Bertz CT molecular complexity index is 234. The highest BCUT2D eigenvalue weighted by Crippen LogP contribution is 2.24. The molecule has 1 nitrogen and oxygen atoms in total. The summed E-state index contributed by atoms with van der Waals surface area (Å²) in [6.07, 6.45) is -2.46. The molecule has 4 heteroatoms. The standard InChI is InChI=1S/C7H9F2NS/c1-4-2-5(11-3-4)6(10)7(8)9/h2-3,6-7H,10H2,1H3. The summed E-state index contributed by atoms with van der Waals surface area (Å²) >= 11 is 1.28. The van der Waals surface area contributed by atoms with Crippen LogP contribution in [0.2, 0.25) is 0 Å². The first-order chi connectivity index (χ1) is 5.11. The van der Waals surface area contributed by atoms with E-state index in [0.717, 1.165) is 5.56 Å². The summed E-state index contributed by atoms with van der Waals surface area (Å²) in [7, 11) is 0. The second-order valence-electron chi connectivity index (χ2n) is 2.39. The van der Waals surface area contributed by atoms with Gasteiger partial charge in [0, 0.05) is 4.88 Å². The summed E-state index contributed by atoms with van der Waals surface area (Å²) in [4.78, 5) is 0.553. The first-order valence-electron chi connectivity index (χ1n) is 3.20. The third kappa shape index (κ3) is 1.97. The van der Waals surface area contributed by atoms with Gasteiger partial charge in [0.1, 0.15) is 6.04 Å². The maximum atomic E-state index is 12.0. The summed E-state index contributed by atoms with van der Waals surface area (Å²) in [6.45, 7) is 1.86. The van der Waals surface area contributed by atoms with Crippen LogP contribution in [-0.2, 0) is 0 Å². The predicted molar refractivity (Wildman–Crippen MR) is 42.0 cm³/mol. The number of nitrogens with two attached hydrogens (primary N) is 1. The molecule has 0 fully saturated rings. The monoisotopic (exact) mass is 177 g/mol. The number of thiophene rings is 1. The molecule has 2 N–H and O–H groups in total. The zero-order valence-corrected chi connectivity index (χ0v) is 6.87. The van der Waals surface area contributed by atoms with E-state index in [1.165, 1.54) is 11.3 Å². The zero-order valence-electron chi connectivity index (χ0n) is 6.05. The molecule has 1 unspecified atom stereocenters. The number of alkyl halides is 2. The van der Waals surface area contributed by atoms with Crippen molar-refractivity contribution >= 4 is 11.3 Å². The van der Waals surface area contributed by atoms with E-state index in [1.807, 2.05) is 12.3 Å². The predicted octanol–water partition coefficient (Wildman–Crippen LogP) is 2.32. The van der Waals surface area contributed by atoms with Crippen LogP contribution in [0.1, 0.15) is 16.5 Å². The molecule has 0 aliphatic carbocycles. The summed E-state index contributed by atoms with van der Waals surface area (Å²) in [5.74, 6) is 0. The Morgan fingerprint density at radius 2 is 2.18 bits per heavy atom. The molecule has 1 aromatic heterocycles. The average Bonchev–Trinajstić information content (AvgIpc) is 2.34. The van der Waals surface area contributed by atoms with E-state index < -0.39 is 12.5 Å². The maximum absolute atomic E-state index is 12.0. The van der Waals surface area contributed by atoms with Crippen LogP contribution in [0.25, 0.3) is 0 Å². The van der Waals surface area contributed by atoms with Gasteiger partial charge in [-0.3, -0.25) is 0 Å². The van der Waals surface area contributed by atoms with Crippen LogP contribution in [0.3, 0.4) is 0 Å². The number of hydrogen-bond donors (Lipinski definition) is 1. The van der Waals surface area contributed by atoms with E-state index in [1.54, 1.807) is 6.07 Å². The van der Waals surface area contributed by atoms with Crippen LogP contribution >= 0.6 is 11.3 Å². The van der Waals surface area contributed by atoms with E-state index in [9.17, 15) is 8.78 Å². The van der Waals surface area contributed by atoms with Crippen molar-refractivity contribution in [3.63, 3.8) is 0 Å². The Balaban J connectivity index is 2.76. The number of halogens is 2. The zero-order chi connectivity index (χ0) is 8.43. The number of hydrogen-bond acceptors (Lipinski definition) is 2. The van der Waals surface area contributed by atoms with E-state index in [2.05, 4.69) is 0 Å². The molecule has 0 radical (unpaired) electrons. The van der Waals surface area contributed by atoms with Gasteiger partial charge in [-0.05, 0) is 23.9 Å². The van der Waals surface area contributed by atoms with Gasteiger partial charge in [-0.2, -0.15) is 0 Å². The van der Waals surface area contributed by atoms with Crippen LogP contribution in [0.4, 0.5) is 8.78 Å². The minimum atomic E-state index is -2.46. The lowest BCUT2D eigenvalue weighted by Crippen LogP contribution is -2.17. The highest BCUT2D eigenvalue weighted by Gasteiger charge is 2.18. The Morgan fingerprint density at radius 3 is 2.55 bits per heavy atom. The Morgan fingerprint density at radius 1 is 1.55 bits per heavy atom. The van der Waals surface area contributed by atoms with E-state index >= 15 is 0 Å². The fraction of sp³-hybridized carbons (Fsp3) is 0.429. The molecule has 0 saturated heterocycles. The van der Waals surface area contributed by atoms with Gasteiger partial charge in [0.15, 0.2) is 0 Å². The highest BCUT2D eigenvalue weighted by molar-refractivity contribution is 7.10. The van der Waals surface area contributed by atoms with Gasteiger partial charge in [-0.1, -0.05) is 0 Å². The molecule has 1 heterocycles. The molecule has 0 bridgehead atoms. The summed E-state index contributed by atoms with van der Waals surface area (Å²) < 4.78 is 24.0. The van der Waals surface area contributed by atoms with Crippen LogP contribution < -0.4 is 5.73 Å². The molecule has 11 heavy (non-hydrogen) atoms. The second kappa shape index (κ2) is 3.28. The van der Waals surface area contributed by atoms with Crippen molar-refractivity contribution in [1.82, 2.24) is 0 Å². The molecule has 0 aliphatic heterocycles. The van der Waals surface area contributed by atoms with Crippen molar-refractivity contribution in [2.75, 3.05) is 0 Å². The van der Waals surface area contributed by atoms with Crippen molar-refractivity contribution in [2.45, 2.75) is 19.4 Å². The van der Waals surface area contributed by atoms with Gasteiger partial charge in [0.2, 0.25) is 0 Å². The molecule has 1 atom stereocenters. The van der Waals surface area contributed by atoms with Gasteiger partial charge in [-0.15, -0.1) is 11.3 Å². The highest BCUT2D eigenvalue weighted by atomic mass is 32.1. The molecule has 0 aromatic carbocycles. The van der Waals surface area contributed by atoms with Crippen molar-refractivity contribution in [3.8, 4) is 0 Å². The van der Waals surface area contributed by atoms with Gasteiger partial charge in [0.05, 0.1) is 0 Å². The lowest BCUT2D eigenvalue weighted by atomic mass is 10.2. The van der Waals surface area contributed by atoms with Crippen molar-refractivity contribution in [3.05, 3.63) is 21.9 Å². The fourth-order valence-electron chi connectivity index (χ4n) is 0.752. The molecule has 0 saturated carbocycles. The van der Waals surface area contributed by atoms with Crippen LogP contribution in [0.15, 0.2) is 11.4 Å². The normalized spacial score (nSPS) is 13.9. The first kappa shape index (κ1) is 8.62. The van der Waals surface area contributed by atoms with Crippen molar-refractivity contribution in [1.29, 1.82) is 0 Å². The molecular weight excluding hydrogens is 168 g/mol. The average molecular weight is 177 g/mol. The molecule has 1 aromatic rings. The van der Waals surface area contributed by atoms with E-state index in [-0.39, 0.29) is 0 Å². The Hall–Kier alpha value is -0.480. The van der Waals surface area contributed by atoms with Crippen LogP contribution in [-0.4, -0.2) is 6.43 Å². The first-order valence-corrected chi connectivity index (χ1v) is 4.08. The summed E-state index contributed by atoms with van der Waals surface area (Å²) in [5.41, 5.74) is 6.20.